The zero-order valence-corrected chi connectivity index (χ0v) is 16.6. The Bertz CT molecular complexity index is 586. The van der Waals surface area contributed by atoms with Crippen molar-refractivity contribution >= 4 is 23.6 Å². The van der Waals surface area contributed by atoms with Crippen LogP contribution in [0.5, 0.6) is 0 Å². The maximum absolute atomic E-state index is 12.0. The van der Waals surface area contributed by atoms with Gasteiger partial charge in [0, 0.05) is 11.4 Å². The van der Waals surface area contributed by atoms with Crippen LogP contribution in [0.1, 0.15) is 64.2 Å². The van der Waals surface area contributed by atoms with Gasteiger partial charge in [0.2, 0.25) is 0 Å². The van der Waals surface area contributed by atoms with E-state index in [0.29, 0.717) is 36.4 Å². The predicted octanol–water partition coefficient (Wildman–Crippen LogP) is 5.94. The number of carbonyl (C=O) groups is 2. The Morgan fingerprint density at radius 2 is 1.18 bits per heavy atom. The van der Waals surface area contributed by atoms with Crippen LogP contribution in [-0.4, -0.2) is 25.4 Å². The first-order valence-electron chi connectivity index (χ1n) is 10.7. The van der Waals surface area contributed by atoms with Gasteiger partial charge in [-0.1, -0.05) is 44.6 Å². The molecular formula is C22H32N2O4. The van der Waals surface area contributed by atoms with Gasteiger partial charge in [-0.05, 0) is 55.7 Å². The van der Waals surface area contributed by atoms with Crippen LogP contribution in [0.25, 0.3) is 0 Å². The van der Waals surface area contributed by atoms with Crippen molar-refractivity contribution in [2.45, 2.75) is 64.2 Å². The van der Waals surface area contributed by atoms with Crippen LogP contribution in [0, 0.1) is 11.8 Å². The number of carbonyl (C=O) groups excluding carboxylic acids is 2. The van der Waals surface area contributed by atoms with Gasteiger partial charge < -0.3 is 9.47 Å². The molecule has 0 aromatic heterocycles. The molecule has 0 aliphatic heterocycles. The zero-order valence-electron chi connectivity index (χ0n) is 16.6. The van der Waals surface area contributed by atoms with Gasteiger partial charge in [-0.3, -0.25) is 10.6 Å². The third kappa shape index (κ3) is 7.06. The van der Waals surface area contributed by atoms with Gasteiger partial charge in [0.1, 0.15) is 0 Å². The fraction of sp³-hybridized carbons (Fsp3) is 0.636. The molecule has 0 bridgehead atoms. The molecule has 6 heteroatoms. The summed E-state index contributed by atoms with van der Waals surface area (Å²) in [4.78, 5) is 24.0. The summed E-state index contributed by atoms with van der Waals surface area (Å²) in [6.07, 6.45) is 11.1. The molecule has 2 aliphatic carbocycles. The Balaban J connectivity index is 1.39. The van der Waals surface area contributed by atoms with Crippen LogP contribution in [0.3, 0.4) is 0 Å². The average molecular weight is 389 g/mol. The average Bonchev–Trinajstić information content (AvgIpc) is 2.72. The van der Waals surface area contributed by atoms with E-state index >= 15 is 0 Å². The van der Waals surface area contributed by atoms with Gasteiger partial charge in [-0.25, -0.2) is 9.59 Å². The quantitative estimate of drug-likeness (QED) is 0.632. The van der Waals surface area contributed by atoms with Crippen molar-refractivity contribution in [2.75, 3.05) is 23.8 Å². The Morgan fingerprint density at radius 1 is 0.750 bits per heavy atom. The minimum absolute atomic E-state index is 0.456. The number of hydrogen-bond acceptors (Lipinski definition) is 4. The highest BCUT2D eigenvalue weighted by Crippen LogP contribution is 2.25. The first kappa shape index (κ1) is 20.5. The maximum atomic E-state index is 12.0. The lowest BCUT2D eigenvalue weighted by molar-refractivity contribution is 0.128. The maximum Gasteiger partial charge on any atom is 0.411 e. The second kappa shape index (κ2) is 10.9. The summed E-state index contributed by atoms with van der Waals surface area (Å²) in [7, 11) is 0. The molecular weight excluding hydrogens is 356 g/mol. The van der Waals surface area contributed by atoms with Gasteiger partial charge >= 0.3 is 12.2 Å². The lowest BCUT2D eigenvalue weighted by Crippen LogP contribution is -2.21. The van der Waals surface area contributed by atoms with E-state index < -0.39 is 12.2 Å². The fourth-order valence-electron chi connectivity index (χ4n) is 4.08. The molecule has 1 aromatic rings. The molecule has 0 saturated heterocycles. The summed E-state index contributed by atoms with van der Waals surface area (Å²) in [5.41, 5.74) is 1.16. The second-order valence-electron chi connectivity index (χ2n) is 8.04. The van der Waals surface area contributed by atoms with Crippen LogP contribution in [0.4, 0.5) is 21.0 Å². The molecule has 2 aliphatic rings. The number of hydrogen-bond donors (Lipinski definition) is 2. The molecule has 154 valence electrons. The number of benzene rings is 1. The third-order valence-electron chi connectivity index (χ3n) is 5.71. The first-order valence-corrected chi connectivity index (χ1v) is 10.7. The topological polar surface area (TPSA) is 76.7 Å². The summed E-state index contributed by atoms with van der Waals surface area (Å²) in [5.74, 6) is 0.956. The SMILES string of the molecule is O=C(Nc1cccc(NC(=O)OCC2CCCCC2)c1)OCC1CCCCC1. The van der Waals surface area contributed by atoms with Crippen molar-refractivity contribution in [2.24, 2.45) is 11.8 Å². The molecule has 0 spiro atoms. The van der Waals surface area contributed by atoms with Crippen LogP contribution >= 0.6 is 0 Å². The summed E-state index contributed by atoms with van der Waals surface area (Å²) >= 11 is 0. The molecule has 1 aromatic carbocycles. The second-order valence-corrected chi connectivity index (χ2v) is 8.04. The van der Waals surface area contributed by atoms with Crippen molar-refractivity contribution < 1.29 is 19.1 Å². The largest absolute Gasteiger partial charge is 0.449 e. The summed E-state index contributed by atoms with van der Waals surface area (Å²) in [6.45, 7) is 0.939. The van der Waals surface area contributed by atoms with Crippen molar-refractivity contribution in [3.05, 3.63) is 24.3 Å². The molecule has 0 heterocycles. The first-order chi connectivity index (χ1) is 13.7. The smallest absolute Gasteiger partial charge is 0.411 e. The summed E-state index contributed by atoms with van der Waals surface area (Å²) in [6, 6.07) is 7.00. The van der Waals surface area contributed by atoms with Gasteiger partial charge in [-0.2, -0.15) is 0 Å². The van der Waals surface area contributed by atoms with E-state index in [2.05, 4.69) is 10.6 Å². The zero-order chi connectivity index (χ0) is 19.6. The van der Waals surface area contributed by atoms with Crippen molar-refractivity contribution in [3.63, 3.8) is 0 Å². The number of ether oxygens (including phenoxy) is 2. The molecule has 0 atom stereocenters. The highest BCUT2D eigenvalue weighted by molar-refractivity contribution is 5.88. The van der Waals surface area contributed by atoms with Crippen LogP contribution < -0.4 is 10.6 Å². The molecule has 3 rings (SSSR count). The molecule has 6 nitrogen and oxygen atoms in total. The molecule has 0 unspecified atom stereocenters. The van der Waals surface area contributed by atoms with Gasteiger partial charge in [-0.15, -0.1) is 0 Å². The minimum Gasteiger partial charge on any atom is -0.449 e. The van der Waals surface area contributed by atoms with E-state index in [-0.39, 0.29) is 0 Å². The molecule has 0 radical (unpaired) electrons. The van der Waals surface area contributed by atoms with E-state index in [4.69, 9.17) is 9.47 Å². The Kier molecular flexibility index (Phi) is 8.00. The summed E-state index contributed by atoms with van der Waals surface area (Å²) in [5, 5.41) is 5.45. The van der Waals surface area contributed by atoms with Crippen molar-refractivity contribution in [3.8, 4) is 0 Å². The standard InChI is InChI=1S/C22H32N2O4/c25-21(27-15-17-8-3-1-4-9-17)23-19-12-7-13-20(14-19)24-22(26)28-16-18-10-5-2-6-11-18/h7,12-14,17-18H,1-6,8-11,15-16H2,(H,23,25)(H,24,26). The molecule has 2 amide bonds. The lowest BCUT2D eigenvalue weighted by atomic mass is 9.90. The van der Waals surface area contributed by atoms with Gasteiger partial charge in [0.15, 0.2) is 0 Å². The van der Waals surface area contributed by atoms with Crippen LogP contribution in [0.15, 0.2) is 24.3 Å². The monoisotopic (exact) mass is 388 g/mol. The number of amides is 2. The van der Waals surface area contributed by atoms with E-state index in [9.17, 15) is 9.59 Å². The van der Waals surface area contributed by atoms with E-state index in [1.165, 1.54) is 38.5 Å². The van der Waals surface area contributed by atoms with E-state index in [1.54, 1.807) is 24.3 Å². The summed E-state index contributed by atoms with van der Waals surface area (Å²) < 4.78 is 10.7. The van der Waals surface area contributed by atoms with Crippen molar-refractivity contribution in [1.29, 1.82) is 0 Å². The predicted molar refractivity (Wildman–Crippen MR) is 110 cm³/mol. The Morgan fingerprint density at radius 3 is 1.61 bits per heavy atom. The van der Waals surface area contributed by atoms with Crippen LogP contribution in [-0.2, 0) is 9.47 Å². The number of rotatable bonds is 6. The molecule has 2 fully saturated rings. The molecule has 2 N–H and O–H groups in total. The van der Waals surface area contributed by atoms with Gasteiger partial charge in [0.05, 0.1) is 13.2 Å². The minimum atomic E-state index is -0.456. The molecule has 28 heavy (non-hydrogen) atoms. The highest BCUT2D eigenvalue weighted by atomic mass is 16.6. The third-order valence-corrected chi connectivity index (χ3v) is 5.71. The van der Waals surface area contributed by atoms with Gasteiger partial charge in [0.25, 0.3) is 0 Å². The van der Waals surface area contributed by atoms with E-state index in [1.807, 2.05) is 0 Å². The number of anilines is 2. The fourth-order valence-corrected chi connectivity index (χ4v) is 4.08. The lowest BCUT2D eigenvalue weighted by Gasteiger charge is -2.21. The molecule has 2 saturated carbocycles. The Hall–Kier alpha value is -2.24. The van der Waals surface area contributed by atoms with Crippen molar-refractivity contribution in [1.82, 2.24) is 0 Å². The number of nitrogens with one attached hydrogen (secondary N) is 2. The van der Waals surface area contributed by atoms with Crippen LogP contribution in [0.2, 0.25) is 0 Å². The van der Waals surface area contributed by atoms with E-state index in [0.717, 1.165) is 25.7 Å². The normalized spacial score (nSPS) is 18.3. The highest BCUT2D eigenvalue weighted by Gasteiger charge is 2.17. The Labute approximate surface area is 167 Å².